The van der Waals surface area contributed by atoms with Gasteiger partial charge >= 0.3 is 0 Å². The van der Waals surface area contributed by atoms with Gasteiger partial charge < -0.3 is 10.1 Å². The van der Waals surface area contributed by atoms with Crippen LogP contribution in [0.2, 0.25) is 0 Å². The second-order valence-corrected chi connectivity index (χ2v) is 3.20. The summed E-state index contributed by atoms with van der Waals surface area (Å²) in [6.45, 7) is 1.71. The van der Waals surface area contributed by atoms with Gasteiger partial charge in [0.25, 0.3) is 0 Å². The summed E-state index contributed by atoms with van der Waals surface area (Å²) in [6, 6.07) is 9.36. The third kappa shape index (κ3) is 3.80. The van der Waals surface area contributed by atoms with Crippen molar-refractivity contribution < 1.29 is 4.74 Å². The van der Waals surface area contributed by atoms with Crippen molar-refractivity contribution in [1.29, 1.82) is 5.41 Å². The van der Waals surface area contributed by atoms with Crippen LogP contribution in [0.5, 0.6) is 5.75 Å². The molecule has 0 aliphatic rings. The third-order valence-electron chi connectivity index (χ3n) is 1.38. The molecule has 0 aliphatic heterocycles. The van der Waals surface area contributed by atoms with Gasteiger partial charge in [-0.25, -0.2) is 0 Å². The summed E-state index contributed by atoms with van der Waals surface area (Å²) in [5.41, 5.74) is 0.515. The zero-order valence-corrected chi connectivity index (χ0v) is 8.23. The summed E-state index contributed by atoms with van der Waals surface area (Å²) in [7, 11) is 0. The molecule has 0 aromatic heterocycles. The number of nitrogens with one attached hydrogen (secondary N) is 1. The molecule has 68 valence electrons. The van der Waals surface area contributed by atoms with Gasteiger partial charge in [0.05, 0.1) is 6.42 Å². The van der Waals surface area contributed by atoms with Crippen LogP contribution in [0.3, 0.4) is 0 Å². The molecule has 13 heavy (non-hydrogen) atoms. The minimum atomic E-state index is 0.421. The Labute approximate surface area is 83.0 Å². The van der Waals surface area contributed by atoms with E-state index in [-0.39, 0.29) is 0 Å². The zero-order chi connectivity index (χ0) is 9.68. The first-order valence-corrected chi connectivity index (χ1v) is 4.39. The molecule has 0 fully saturated rings. The van der Waals surface area contributed by atoms with Gasteiger partial charge in [-0.05, 0) is 31.3 Å². The number of ether oxygens (including phenoxy) is 1. The minimum Gasteiger partial charge on any atom is -0.450 e. The highest BCUT2D eigenvalue weighted by Gasteiger charge is 2.00. The third-order valence-corrected chi connectivity index (χ3v) is 1.61. The maximum absolute atomic E-state index is 7.22. The van der Waals surface area contributed by atoms with Crippen molar-refractivity contribution in [2.45, 2.75) is 13.3 Å². The number of thiocarbonyl (C=S) groups is 1. The standard InChI is InChI=1S/C10H11NOS/c1-8(11)7-10(13)12-9-5-3-2-4-6-9/h2-6,11H,7H2,1H3. The van der Waals surface area contributed by atoms with Crippen LogP contribution in [0.15, 0.2) is 30.3 Å². The van der Waals surface area contributed by atoms with Gasteiger partial charge in [-0.1, -0.05) is 18.2 Å². The lowest BCUT2D eigenvalue weighted by Gasteiger charge is -2.05. The van der Waals surface area contributed by atoms with Crippen LogP contribution in [0.25, 0.3) is 0 Å². The molecule has 0 spiro atoms. The SMILES string of the molecule is CC(=N)CC(=S)Oc1ccccc1. The smallest absolute Gasteiger partial charge is 0.172 e. The van der Waals surface area contributed by atoms with Gasteiger partial charge in [-0.3, -0.25) is 0 Å². The summed E-state index contributed by atoms with van der Waals surface area (Å²) in [5.74, 6) is 0.730. The van der Waals surface area contributed by atoms with E-state index in [1.165, 1.54) is 0 Å². The van der Waals surface area contributed by atoms with Crippen molar-refractivity contribution in [1.82, 2.24) is 0 Å². The van der Waals surface area contributed by atoms with Crippen molar-refractivity contribution in [3.63, 3.8) is 0 Å². The highest BCUT2D eigenvalue weighted by Crippen LogP contribution is 2.09. The first kappa shape index (κ1) is 9.86. The van der Waals surface area contributed by atoms with Crippen molar-refractivity contribution in [3.05, 3.63) is 30.3 Å². The van der Waals surface area contributed by atoms with Gasteiger partial charge in [-0.2, -0.15) is 0 Å². The first-order valence-electron chi connectivity index (χ1n) is 3.98. The number of hydrogen-bond donors (Lipinski definition) is 1. The predicted molar refractivity (Wildman–Crippen MR) is 57.7 cm³/mol. The maximum Gasteiger partial charge on any atom is 0.172 e. The topological polar surface area (TPSA) is 33.1 Å². The second-order valence-electron chi connectivity index (χ2n) is 2.74. The average molecular weight is 193 g/mol. The number of benzene rings is 1. The van der Waals surface area contributed by atoms with Gasteiger partial charge in [0.15, 0.2) is 5.05 Å². The van der Waals surface area contributed by atoms with Gasteiger partial charge in [-0.15, -0.1) is 0 Å². The molecule has 0 heterocycles. The van der Waals surface area contributed by atoms with Crippen molar-refractivity contribution in [3.8, 4) is 5.75 Å². The van der Waals surface area contributed by atoms with Crippen molar-refractivity contribution in [2.75, 3.05) is 0 Å². The molecule has 0 bridgehead atoms. The van der Waals surface area contributed by atoms with Crippen LogP contribution in [0.4, 0.5) is 0 Å². The molecule has 0 saturated carbocycles. The largest absolute Gasteiger partial charge is 0.450 e. The van der Waals surface area contributed by atoms with E-state index in [4.69, 9.17) is 22.4 Å². The fourth-order valence-corrected chi connectivity index (χ4v) is 1.19. The van der Waals surface area contributed by atoms with Gasteiger partial charge in [0.2, 0.25) is 0 Å². The Morgan fingerprint density at radius 1 is 1.38 bits per heavy atom. The molecular weight excluding hydrogens is 182 g/mol. The molecule has 1 aromatic rings. The highest BCUT2D eigenvalue weighted by atomic mass is 32.1. The van der Waals surface area contributed by atoms with Crippen LogP contribution in [0.1, 0.15) is 13.3 Å². The van der Waals surface area contributed by atoms with Crippen LogP contribution < -0.4 is 4.74 Å². The lowest BCUT2D eigenvalue weighted by molar-refractivity contribution is 0.556. The first-order chi connectivity index (χ1) is 6.18. The molecule has 1 rings (SSSR count). The van der Waals surface area contributed by atoms with E-state index < -0.39 is 0 Å². The zero-order valence-electron chi connectivity index (χ0n) is 7.41. The molecule has 0 radical (unpaired) electrons. The second kappa shape index (κ2) is 4.72. The summed E-state index contributed by atoms with van der Waals surface area (Å²) < 4.78 is 5.32. The molecule has 0 saturated heterocycles. The molecule has 3 heteroatoms. The predicted octanol–water partition coefficient (Wildman–Crippen LogP) is 2.82. The Morgan fingerprint density at radius 2 is 2.00 bits per heavy atom. The van der Waals surface area contributed by atoms with E-state index in [0.717, 1.165) is 5.75 Å². The van der Waals surface area contributed by atoms with Gasteiger partial charge in [0, 0.05) is 5.71 Å². The van der Waals surface area contributed by atoms with Crippen molar-refractivity contribution in [2.24, 2.45) is 0 Å². The van der Waals surface area contributed by atoms with Gasteiger partial charge in [0.1, 0.15) is 5.75 Å². The summed E-state index contributed by atoms with van der Waals surface area (Å²) in [6.07, 6.45) is 0.421. The Hall–Kier alpha value is -1.22. The van der Waals surface area contributed by atoms with Crippen LogP contribution >= 0.6 is 12.2 Å². The number of para-hydroxylation sites is 1. The Morgan fingerprint density at radius 3 is 2.54 bits per heavy atom. The van der Waals surface area contributed by atoms with Crippen LogP contribution in [0, 0.1) is 5.41 Å². The molecule has 0 unspecified atom stereocenters. The normalized spacial score (nSPS) is 9.31. The van der Waals surface area contributed by atoms with Crippen molar-refractivity contribution >= 4 is 23.0 Å². The van der Waals surface area contributed by atoms with E-state index in [9.17, 15) is 0 Å². The molecule has 0 amide bonds. The number of rotatable bonds is 3. The van der Waals surface area contributed by atoms with E-state index in [0.29, 0.717) is 17.2 Å². The average Bonchev–Trinajstić information content (AvgIpc) is 2.04. The molecule has 0 atom stereocenters. The van der Waals surface area contributed by atoms with E-state index in [1.807, 2.05) is 30.3 Å². The van der Waals surface area contributed by atoms with E-state index >= 15 is 0 Å². The maximum atomic E-state index is 7.22. The lowest BCUT2D eigenvalue weighted by Crippen LogP contribution is -2.08. The van der Waals surface area contributed by atoms with E-state index in [1.54, 1.807) is 6.92 Å². The molecule has 0 aliphatic carbocycles. The minimum absolute atomic E-state index is 0.421. The number of hydrogen-bond acceptors (Lipinski definition) is 3. The Balaban J connectivity index is 2.50. The fourth-order valence-electron chi connectivity index (χ4n) is 0.873. The van der Waals surface area contributed by atoms with E-state index in [2.05, 4.69) is 0 Å². The lowest BCUT2D eigenvalue weighted by atomic mass is 10.3. The quantitative estimate of drug-likeness (QED) is 0.591. The summed E-state index contributed by atoms with van der Waals surface area (Å²) >= 11 is 4.95. The summed E-state index contributed by atoms with van der Waals surface area (Å²) in [4.78, 5) is 0. The summed E-state index contributed by atoms with van der Waals surface area (Å²) in [5, 5.41) is 7.67. The van der Waals surface area contributed by atoms with Crippen LogP contribution in [-0.2, 0) is 0 Å². The molecule has 1 aromatic carbocycles. The monoisotopic (exact) mass is 193 g/mol. The molecule has 1 N–H and O–H groups in total. The Bertz CT molecular complexity index is 308. The molecule has 2 nitrogen and oxygen atoms in total. The molecular formula is C10H11NOS. The highest BCUT2D eigenvalue weighted by molar-refractivity contribution is 7.80. The Kier molecular flexibility index (Phi) is 3.58. The van der Waals surface area contributed by atoms with Crippen LogP contribution in [-0.4, -0.2) is 10.8 Å². The fraction of sp³-hybridized carbons (Fsp3) is 0.200.